The molecule has 0 radical (unpaired) electrons. The molecule has 0 N–H and O–H groups in total. The summed E-state index contributed by atoms with van der Waals surface area (Å²) in [4.78, 5) is 32.4. The number of benzene rings is 1. The van der Waals surface area contributed by atoms with Gasteiger partial charge in [-0.2, -0.15) is 4.98 Å². The lowest BCUT2D eigenvalue weighted by Crippen LogP contribution is -2.31. The molecular weight excluding hydrogens is 434 g/mol. The number of thioether (sulfide) groups is 1. The molecule has 4 rings (SSSR count). The highest BCUT2D eigenvalue weighted by Crippen LogP contribution is 2.34. The van der Waals surface area contributed by atoms with E-state index in [1.807, 2.05) is 19.1 Å². The average molecular weight is 454 g/mol. The number of ether oxygens (including phenoxy) is 2. The molecule has 1 aliphatic rings. The fourth-order valence-electron chi connectivity index (χ4n) is 3.01. The van der Waals surface area contributed by atoms with Crippen LogP contribution >= 0.6 is 24.0 Å². The van der Waals surface area contributed by atoms with Crippen LogP contribution < -0.4 is 10.3 Å². The maximum absolute atomic E-state index is 13.2. The summed E-state index contributed by atoms with van der Waals surface area (Å²) in [5, 5.41) is 0. The predicted molar refractivity (Wildman–Crippen MR) is 124 cm³/mol. The van der Waals surface area contributed by atoms with Gasteiger partial charge in [0.15, 0.2) is 0 Å². The Morgan fingerprint density at radius 1 is 1.16 bits per heavy atom. The Bertz CT molecular complexity index is 1250. The van der Waals surface area contributed by atoms with E-state index < -0.39 is 0 Å². The molecule has 1 fully saturated rings. The van der Waals surface area contributed by atoms with Crippen LogP contribution in [0.2, 0.25) is 0 Å². The molecule has 0 aliphatic carbocycles. The Morgan fingerprint density at radius 2 is 1.94 bits per heavy atom. The highest BCUT2D eigenvalue weighted by atomic mass is 32.2. The molecule has 158 valence electrons. The molecule has 7 nitrogen and oxygen atoms in total. The molecule has 31 heavy (non-hydrogen) atoms. The van der Waals surface area contributed by atoms with Crippen molar-refractivity contribution in [3.63, 3.8) is 0 Å². The van der Waals surface area contributed by atoms with Gasteiger partial charge in [0.25, 0.3) is 11.5 Å². The molecule has 0 spiro atoms. The second kappa shape index (κ2) is 9.01. The molecule has 1 aromatic carbocycles. The van der Waals surface area contributed by atoms with Crippen molar-refractivity contribution in [2.75, 3.05) is 20.3 Å². The Morgan fingerprint density at radius 3 is 2.68 bits per heavy atom. The second-order valence-corrected chi connectivity index (χ2v) is 8.48. The van der Waals surface area contributed by atoms with Gasteiger partial charge in [0.1, 0.15) is 21.3 Å². The number of aromatic nitrogens is 2. The zero-order chi connectivity index (χ0) is 22.0. The summed E-state index contributed by atoms with van der Waals surface area (Å²) in [7, 11) is 1.56. The number of aryl methyl sites for hydroxylation is 1. The first kappa shape index (κ1) is 21.2. The zero-order valence-electron chi connectivity index (χ0n) is 16.9. The van der Waals surface area contributed by atoms with Crippen LogP contribution in [0, 0.1) is 6.92 Å². The van der Waals surface area contributed by atoms with Crippen LogP contribution in [-0.2, 0) is 9.53 Å². The first-order valence-electron chi connectivity index (χ1n) is 9.48. The van der Waals surface area contributed by atoms with Crippen LogP contribution in [0.4, 0.5) is 0 Å². The van der Waals surface area contributed by atoms with E-state index in [9.17, 15) is 9.59 Å². The molecule has 3 heterocycles. The monoisotopic (exact) mass is 453 g/mol. The molecule has 2 aromatic heterocycles. The number of carbonyl (C=O) groups excluding carboxylic acids is 1. The van der Waals surface area contributed by atoms with Crippen molar-refractivity contribution >= 4 is 45.9 Å². The first-order valence-corrected chi connectivity index (χ1v) is 10.7. The molecule has 0 saturated carbocycles. The third kappa shape index (κ3) is 4.39. The summed E-state index contributed by atoms with van der Waals surface area (Å²) >= 11 is 6.47. The van der Waals surface area contributed by atoms with Crippen LogP contribution in [0.3, 0.4) is 0 Å². The number of thiocarbonyl (C=S) groups is 1. The summed E-state index contributed by atoms with van der Waals surface area (Å²) in [5.74, 6) is 0.396. The molecular formula is C22H19N3O4S2. The van der Waals surface area contributed by atoms with Gasteiger partial charge in [-0.1, -0.05) is 47.7 Å². The summed E-state index contributed by atoms with van der Waals surface area (Å²) < 4.78 is 12.8. The summed E-state index contributed by atoms with van der Waals surface area (Å²) in [6.07, 6.45) is 3.13. The van der Waals surface area contributed by atoms with Crippen LogP contribution in [0.15, 0.2) is 58.4 Å². The van der Waals surface area contributed by atoms with E-state index in [4.69, 9.17) is 21.7 Å². The number of amides is 1. The van der Waals surface area contributed by atoms with Gasteiger partial charge in [0, 0.05) is 13.3 Å². The lowest BCUT2D eigenvalue weighted by Gasteiger charge is -2.13. The number of pyridine rings is 1. The standard InChI is InChI=1S/C22H19N3O4S2/c1-14-6-8-15(9-7-14)29-19-16(20(26)24-10-4-3-5-18(24)23-19)13-17-21(27)25(11-12-28-2)22(30)31-17/h3-10,13H,11-12H2,1-2H3/b17-13-. The van der Waals surface area contributed by atoms with E-state index in [0.29, 0.717) is 33.8 Å². The van der Waals surface area contributed by atoms with Crippen molar-refractivity contribution < 1.29 is 14.3 Å². The maximum atomic E-state index is 13.2. The van der Waals surface area contributed by atoms with E-state index in [2.05, 4.69) is 4.98 Å². The SMILES string of the molecule is COCCN1C(=O)/C(=C/c2c(Oc3ccc(C)cc3)nc3ccccn3c2=O)SC1=S. The fourth-order valence-corrected chi connectivity index (χ4v) is 4.30. The Labute approximate surface area is 188 Å². The van der Waals surface area contributed by atoms with E-state index >= 15 is 0 Å². The van der Waals surface area contributed by atoms with E-state index in [1.165, 1.54) is 15.4 Å². The van der Waals surface area contributed by atoms with Gasteiger partial charge in [-0.15, -0.1) is 0 Å². The summed E-state index contributed by atoms with van der Waals surface area (Å²) in [6, 6.07) is 12.7. The lowest BCUT2D eigenvalue weighted by atomic mass is 10.2. The smallest absolute Gasteiger partial charge is 0.269 e. The van der Waals surface area contributed by atoms with Crippen molar-refractivity contribution in [3.05, 3.63) is 75.0 Å². The summed E-state index contributed by atoms with van der Waals surface area (Å²) in [5.41, 5.74) is 1.37. The lowest BCUT2D eigenvalue weighted by molar-refractivity contribution is -0.122. The van der Waals surface area contributed by atoms with Gasteiger partial charge in [-0.3, -0.25) is 18.9 Å². The number of rotatable bonds is 6. The molecule has 0 atom stereocenters. The van der Waals surface area contributed by atoms with Crippen LogP contribution in [0.5, 0.6) is 11.6 Å². The van der Waals surface area contributed by atoms with Gasteiger partial charge < -0.3 is 9.47 Å². The van der Waals surface area contributed by atoms with E-state index in [1.54, 1.807) is 43.6 Å². The molecule has 3 aromatic rings. The van der Waals surface area contributed by atoms with Gasteiger partial charge in [-0.25, -0.2) is 0 Å². The first-order chi connectivity index (χ1) is 15.0. The topological polar surface area (TPSA) is 73.1 Å². The van der Waals surface area contributed by atoms with Gasteiger partial charge in [-0.05, 0) is 37.3 Å². The summed E-state index contributed by atoms with van der Waals surface area (Å²) in [6.45, 7) is 2.68. The molecule has 1 saturated heterocycles. The molecule has 1 aliphatic heterocycles. The zero-order valence-corrected chi connectivity index (χ0v) is 18.5. The number of fused-ring (bicyclic) bond motifs is 1. The number of methoxy groups -OCH3 is 1. The molecule has 9 heteroatoms. The average Bonchev–Trinajstić information content (AvgIpc) is 3.03. The van der Waals surface area contributed by atoms with E-state index in [0.717, 1.165) is 17.3 Å². The van der Waals surface area contributed by atoms with Gasteiger partial charge >= 0.3 is 0 Å². The number of hydrogen-bond donors (Lipinski definition) is 0. The Kier molecular flexibility index (Phi) is 6.17. The van der Waals surface area contributed by atoms with E-state index in [-0.39, 0.29) is 22.9 Å². The number of nitrogens with zero attached hydrogens (tertiary/aromatic N) is 3. The minimum Gasteiger partial charge on any atom is -0.438 e. The minimum absolute atomic E-state index is 0.127. The van der Waals surface area contributed by atoms with Crippen molar-refractivity contribution in [3.8, 4) is 11.6 Å². The Hall–Kier alpha value is -3.01. The number of hydrogen-bond acceptors (Lipinski definition) is 7. The quantitative estimate of drug-likeness (QED) is 0.417. The van der Waals surface area contributed by atoms with Crippen LogP contribution in [-0.4, -0.2) is 44.8 Å². The van der Waals surface area contributed by atoms with Gasteiger partial charge in [0.2, 0.25) is 5.88 Å². The maximum Gasteiger partial charge on any atom is 0.269 e. The van der Waals surface area contributed by atoms with Crippen LogP contribution in [0.25, 0.3) is 11.7 Å². The third-order valence-corrected chi connectivity index (χ3v) is 6.02. The normalized spacial score (nSPS) is 15.3. The largest absolute Gasteiger partial charge is 0.438 e. The highest BCUT2D eigenvalue weighted by Gasteiger charge is 2.32. The molecule has 0 bridgehead atoms. The minimum atomic E-state index is -0.338. The predicted octanol–water partition coefficient (Wildman–Crippen LogP) is 3.64. The van der Waals surface area contributed by atoms with Crippen molar-refractivity contribution in [1.82, 2.24) is 14.3 Å². The van der Waals surface area contributed by atoms with Gasteiger partial charge in [0.05, 0.1) is 18.1 Å². The number of carbonyl (C=O) groups is 1. The highest BCUT2D eigenvalue weighted by molar-refractivity contribution is 8.26. The second-order valence-electron chi connectivity index (χ2n) is 6.81. The molecule has 0 unspecified atom stereocenters. The third-order valence-electron chi connectivity index (χ3n) is 4.64. The van der Waals surface area contributed by atoms with Crippen LogP contribution in [0.1, 0.15) is 11.1 Å². The fraction of sp³-hybridized carbons (Fsp3) is 0.182. The van der Waals surface area contributed by atoms with Crippen molar-refractivity contribution in [2.45, 2.75) is 6.92 Å². The van der Waals surface area contributed by atoms with Crippen molar-refractivity contribution in [1.29, 1.82) is 0 Å². The Balaban J connectivity index is 1.80. The van der Waals surface area contributed by atoms with Crippen molar-refractivity contribution in [2.24, 2.45) is 0 Å². The molecule has 1 amide bonds.